The minimum Gasteiger partial charge on any atom is -0.508 e. The zero-order chi connectivity index (χ0) is 21.0. The van der Waals surface area contributed by atoms with Gasteiger partial charge in [-0.1, -0.05) is 13.0 Å². The topological polar surface area (TPSA) is 80.4 Å². The smallest absolute Gasteiger partial charge is 0.269 e. The molecule has 0 spiro atoms. The average molecular weight is 403 g/mol. The van der Waals surface area contributed by atoms with Gasteiger partial charge in [0.2, 0.25) is 0 Å². The van der Waals surface area contributed by atoms with Gasteiger partial charge in [-0.2, -0.15) is 0 Å². The van der Waals surface area contributed by atoms with Gasteiger partial charge in [0.15, 0.2) is 5.78 Å². The summed E-state index contributed by atoms with van der Waals surface area (Å²) in [7, 11) is 0. The summed E-state index contributed by atoms with van der Waals surface area (Å²) < 4.78 is 0. The molecule has 2 fully saturated rings. The van der Waals surface area contributed by atoms with Gasteiger partial charge in [-0.05, 0) is 102 Å². The van der Waals surface area contributed by atoms with E-state index in [1.54, 1.807) is 18.2 Å². The van der Waals surface area contributed by atoms with Gasteiger partial charge in [0.1, 0.15) is 5.75 Å². The number of hydrogen-bond donors (Lipinski definition) is 1. The second-order valence-electron chi connectivity index (χ2n) is 9.31. The number of hydrogen-bond acceptors (Lipinski definition) is 4. The Labute approximate surface area is 175 Å². The number of phenols is 1. The number of nitrogens with zero attached hydrogens (tertiary/aromatic N) is 1. The van der Waals surface area contributed by atoms with Crippen LogP contribution in [0.1, 0.15) is 55.2 Å². The van der Waals surface area contributed by atoms with Crippen molar-refractivity contribution >= 4 is 17.5 Å². The van der Waals surface area contributed by atoms with Crippen LogP contribution in [0.4, 0.5) is 5.69 Å². The minimum absolute atomic E-state index is 0.0604. The van der Waals surface area contributed by atoms with Gasteiger partial charge in [0.25, 0.3) is 5.69 Å². The maximum atomic E-state index is 13.4. The Hall–Kier alpha value is -2.95. The molecule has 3 aliphatic rings. The third kappa shape index (κ3) is 2.87. The van der Waals surface area contributed by atoms with Crippen molar-refractivity contribution in [1.82, 2.24) is 0 Å². The Kier molecular flexibility index (Phi) is 4.31. The number of carbonyl (C=O) groups is 1. The first-order chi connectivity index (χ1) is 14.4. The van der Waals surface area contributed by atoms with E-state index in [2.05, 4.69) is 13.0 Å². The molecule has 0 amide bonds. The zero-order valence-electron chi connectivity index (χ0n) is 17.0. The summed E-state index contributed by atoms with van der Waals surface area (Å²) in [5.74, 6) is 1.85. The Bertz CT molecular complexity index is 1070. The summed E-state index contributed by atoms with van der Waals surface area (Å²) in [5, 5.41) is 20.7. The predicted molar refractivity (Wildman–Crippen MR) is 114 cm³/mol. The summed E-state index contributed by atoms with van der Waals surface area (Å²) in [6, 6.07) is 12.2. The molecule has 4 atom stereocenters. The van der Waals surface area contributed by atoms with Crippen molar-refractivity contribution in [2.45, 2.75) is 44.9 Å². The van der Waals surface area contributed by atoms with E-state index in [1.807, 2.05) is 12.1 Å². The fraction of sp³-hybridized carbons (Fsp3) is 0.400. The fourth-order valence-corrected chi connectivity index (χ4v) is 6.26. The Morgan fingerprint density at radius 2 is 1.93 bits per heavy atom. The maximum absolute atomic E-state index is 13.4. The van der Waals surface area contributed by atoms with Crippen molar-refractivity contribution in [3.05, 3.63) is 74.8 Å². The van der Waals surface area contributed by atoms with Gasteiger partial charge >= 0.3 is 0 Å². The number of carbonyl (C=O) groups excluding carboxylic acids is 1. The van der Waals surface area contributed by atoms with Crippen molar-refractivity contribution in [1.29, 1.82) is 0 Å². The van der Waals surface area contributed by atoms with Crippen molar-refractivity contribution in [2.24, 2.45) is 17.3 Å². The van der Waals surface area contributed by atoms with Crippen LogP contribution in [0, 0.1) is 27.4 Å². The van der Waals surface area contributed by atoms with Gasteiger partial charge in [0, 0.05) is 17.5 Å². The molecule has 30 heavy (non-hydrogen) atoms. The lowest BCUT2D eigenvalue weighted by molar-refractivity contribution is -0.384. The van der Waals surface area contributed by atoms with Crippen LogP contribution in [0.15, 0.2) is 48.0 Å². The molecule has 1 N–H and O–H groups in total. The number of aryl methyl sites for hydroxylation is 1. The lowest BCUT2D eigenvalue weighted by Crippen LogP contribution is -2.42. The van der Waals surface area contributed by atoms with Crippen LogP contribution < -0.4 is 0 Å². The van der Waals surface area contributed by atoms with Crippen molar-refractivity contribution < 1.29 is 14.8 Å². The van der Waals surface area contributed by atoms with E-state index in [9.17, 15) is 20.0 Å². The maximum Gasteiger partial charge on any atom is 0.269 e. The number of allylic oxidation sites excluding steroid dienone is 1. The largest absolute Gasteiger partial charge is 0.508 e. The fourth-order valence-electron chi connectivity index (χ4n) is 6.26. The molecule has 154 valence electrons. The van der Waals surface area contributed by atoms with E-state index in [0.717, 1.165) is 43.2 Å². The molecule has 3 aliphatic carbocycles. The molecule has 0 aliphatic heterocycles. The van der Waals surface area contributed by atoms with Gasteiger partial charge in [-0.25, -0.2) is 0 Å². The predicted octanol–water partition coefficient (Wildman–Crippen LogP) is 5.42. The van der Waals surface area contributed by atoms with E-state index in [-0.39, 0.29) is 16.9 Å². The van der Waals surface area contributed by atoms with Crippen molar-refractivity contribution in [2.75, 3.05) is 0 Å². The van der Waals surface area contributed by atoms with Crippen molar-refractivity contribution in [3.63, 3.8) is 0 Å². The van der Waals surface area contributed by atoms with Crippen LogP contribution >= 0.6 is 0 Å². The molecule has 5 nitrogen and oxygen atoms in total. The number of non-ortho nitro benzene ring substituents is 1. The SMILES string of the molecule is C[C@]12CC[C@@H]3c4ccc(O)cc4CC[C@H]3[C@@H]1C/C(=C\c1ccc([N+](=O)[O-])cc1)C2=O. The van der Waals surface area contributed by atoms with Crippen molar-refractivity contribution in [3.8, 4) is 5.75 Å². The highest BCUT2D eigenvalue weighted by atomic mass is 16.6. The number of Topliss-reactive ketones (excluding diaryl/α,β-unsaturated/α-hetero) is 1. The number of rotatable bonds is 2. The first-order valence-electron chi connectivity index (χ1n) is 10.7. The standard InChI is InChI=1S/C25H25NO4/c1-25-11-10-21-20-9-7-19(27)13-16(20)4-8-22(21)23(25)14-17(24(25)28)12-15-2-5-18(6-3-15)26(29)30/h2-3,5-7,9,12-13,21-23,27H,4,8,10-11,14H2,1H3/b17-12+/t21-,22-,23+,25+/m1/s1. The summed E-state index contributed by atoms with van der Waals surface area (Å²) >= 11 is 0. The van der Waals surface area contributed by atoms with E-state index in [4.69, 9.17) is 0 Å². The third-order valence-corrected chi connectivity index (χ3v) is 7.79. The van der Waals surface area contributed by atoms with Crippen LogP contribution in [0.2, 0.25) is 0 Å². The molecule has 0 aromatic heterocycles. The van der Waals surface area contributed by atoms with E-state index < -0.39 is 4.92 Å². The molecule has 2 aromatic carbocycles. The first-order valence-corrected chi connectivity index (χ1v) is 10.7. The highest BCUT2D eigenvalue weighted by Gasteiger charge is 2.56. The summed E-state index contributed by atoms with van der Waals surface area (Å²) in [4.78, 5) is 23.9. The van der Waals surface area contributed by atoms with Gasteiger partial charge < -0.3 is 5.11 Å². The highest BCUT2D eigenvalue weighted by molar-refractivity contribution is 6.06. The number of phenolic OH excluding ortho intramolecular Hbond substituents is 1. The lowest BCUT2D eigenvalue weighted by atomic mass is 9.55. The Morgan fingerprint density at radius 3 is 2.67 bits per heavy atom. The van der Waals surface area contributed by atoms with Crippen LogP contribution in [0.5, 0.6) is 5.75 Å². The molecule has 0 saturated heterocycles. The molecule has 5 rings (SSSR count). The van der Waals surface area contributed by atoms with Gasteiger partial charge in [-0.15, -0.1) is 0 Å². The van der Waals surface area contributed by atoms with Crippen LogP contribution in [0.25, 0.3) is 6.08 Å². The lowest BCUT2D eigenvalue weighted by Gasteiger charge is -2.48. The summed E-state index contributed by atoms with van der Waals surface area (Å²) in [5.41, 5.74) is 4.05. The number of ketones is 1. The van der Waals surface area contributed by atoms with E-state index >= 15 is 0 Å². The third-order valence-electron chi connectivity index (χ3n) is 7.79. The molecule has 0 heterocycles. The van der Waals surface area contributed by atoms with Crippen LogP contribution in [-0.2, 0) is 11.2 Å². The highest BCUT2D eigenvalue weighted by Crippen LogP contribution is 2.60. The number of fused-ring (bicyclic) bond motifs is 5. The second kappa shape index (κ2) is 6.79. The average Bonchev–Trinajstić information content (AvgIpc) is 2.98. The molecule has 0 unspecified atom stereocenters. The van der Waals surface area contributed by atoms with Crippen LogP contribution in [-0.4, -0.2) is 15.8 Å². The molecular formula is C25H25NO4. The number of benzene rings is 2. The van der Waals surface area contributed by atoms with Crippen LogP contribution in [0.3, 0.4) is 0 Å². The summed E-state index contributed by atoms with van der Waals surface area (Å²) in [6.07, 6.45) is 6.61. The normalized spacial score (nSPS) is 31.2. The number of nitro benzene ring substituents is 1. The minimum atomic E-state index is -0.409. The van der Waals surface area contributed by atoms with Gasteiger partial charge in [0.05, 0.1) is 4.92 Å². The molecule has 0 radical (unpaired) electrons. The summed E-state index contributed by atoms with van der Waals surface area (Å²) in [6.45, 7) is 2.14. The Morgan fingerprint density at radius 1 is 1.17 bits per heavy atom. The second-order valence-corrected chi connectivity index (χ2v) is 9.31. The van der Waals surface area contributed by atoms with E-state index in [1.165, 1.54) is 23.3 Å². The molecular weight excluding hydrogens is 378 g/mol. The zero-order valence-corrected chi connectivity index (χ0v) is 17.0. The first kappa shape index (κ1) is 19.0. The quantitative estimate of drug-likeness (QED) is 0.412. The van der Waals surface area contributed by atoms with Gasteiger partial charge in [-0.3, -0.25) is 14.9 Å². The van der Waals surface area contributed by atoms with E-state index in [0.29, 0.717) is 23.5 Å². The molecule has 2 saturated carbocycles. The molecule has 2 aromatic rings. The molecule has 0 bridgehead atoms. The number of nitro groups is 1. The Balaban J connectivity index is 1.45. The number of aromatic hydroxyl groups is 1. The monoisotopic (exact) mass is 403 g/mol. The molecule has 5 heteroatoms.